The SMILES string of the molecule is C#Cc1ccccc1N(CC#CC)C(C)=O. The van der Waals surface area contributed by atoms with Gasteiger partial charge in [0.15, 0.2) is 0 Å². The summed E-state index contributed by atoms with van der Waals surface area (Å²) in [5.74, 6) is 8.13. The molecule has 0 saturated heterocycles. The van der Waals surface area contributed by atoms with Gasteiger partial charge in [0.1, 0.15) is 0 Å². The van der Waals surface area contributed by atoms with Crippen LogP contribution in [-0.2, 0) is 4.79 Å². The first-order chi connectivity index (χ1) is 7.70. The lowest BCUT2D eigenvalue weighted by Gasteiger charge is -2.19. The van der Waals surface area contributed by atoms with E-state index in [1.165, 1.54) is 6.92 Å². The van der Waals surface area contributed by atoms with Gasteiger partial charge in [-0.3, -0.25) is 9.69 Å². The largest absolute Gasteiger partial charge is 0.300 e. The minimum Gasteiger partial charge on any atom is -0.300 e. The fourth-order valence-corrected chi connectivity index (χ4v) is 1.36. The van der Waals surface area contributed by atoms with Crippen molar-refractivity contribution < 1.29 is 4.79 Å². The van der Waals surface area contributed by atoms with Gasteiger partial charge in [0.25, 0.3) is 0 Å². The highest BCUT2D eigenvalue weighted by Gasteiger charge is 2.12. The summed E-state index contributed by atoms with van der Waals surface area (Å²) in [6.07, 6.45) is 5.39. The molecule has 0 heterocycles. The quantitative estimate of drug-likeness (QED) is 0.685. The standard InChI is InChI=1S/C14H13NO/c1-4-6-11-15(12(3)16)14-10-8-7-9-13(14)5-2/h2,7-10H,11H2,1,3H3. The normalized spacial score (nSPS) is 8.56. The second-order valence-corrected chi connectivity index (χ2v) is 3.19. The molecule has 0 saturated carbocycles. The van der Waals surface area contributed by atoms with Crippen molar-refractivity contribution >= 4 is 11.6 Å². The average molecular weight is 211 g/mol. The van der Waals surface area contributed by atoms with Crippen molar-refractivity contribution in [3.05, 3.63) is 29.8 Å². The minimum absolute atomic E-state index is 0.0644. The number of amides is 1. The van der Waals surface area contributed by atoms with E-state index >= 15 is 0 Å². The summed E-state index contributed by atoms with van der Waals surface area (Å²) in [5.41, 5.74) is 1.44. The summed E-state index contributed by atoms with van der Waals surface area (Å²) >= 11 is 0. The number of hydrogen-bond donors (Lipinski definition) is 0. The van der Waals surface area contributed by atoms with E-state index in [1.54, 1.807) is 11.8 Å². The van der Waals surface area contributed by atoms with E-state index in [-0.39, 0.29) is 5.91 Å². The van der Waals surface area contributed by atoms with Gasteiger partial charge in [-0.15, -0.1) is 12.3 Å². The molecule has 0 N–H and O–H groups in total. The monoisotopic (exact) mass is 211 g/mol. The van der Waals surface area contributed by atoms with Crippen LogP contribution in [0.1, 0.15) is 19.4 Å². The molecule has 0 fully saturated rings. The molecular weight excluding hydrogens is 198 g/mol. The van der Waals surface area contributed by atoms with Crippen molar-refractivity contribution in [1.82, 2.24) is 0 Å². The van der Waals surface area contributed by atoms with Gasteiger partial charge in [-0.2, -0.15) is 0 Å². The molecule has 2 nitrogen and oxygen atoms in total. The summed E-state index contributed by atoms with van der Waals surface area (Å²) in [4.78, 5) is 13.1. The van der Waals surface area contributed by atoms with Crippen LogP contribution in [-0.4, -0.2) is 12.5 Å². The fraction of sp³-hybridized carbons (Fsp3) is 0.214. The Morgan fingerprint density at radius 2 is 2.12 bits per heavy atom. The third-order valence-electron chi connectivity index (χ3n) is 2.14. The molecule has 0 aliphatic heterocycles. The lowest BCUT2D eigenvalue weighted by molar-refractivity contribution is -0.116. The molecule has 0 atom stereocenters. The zero-order chi connectivity index (χ0) is 12.0. The Morgan fingerprint density at radius 3 is 2.69 bits per heavy atom. The van der Waals surface area contributed by atoms with Crippen LogP contribution in [0.3, 0.4) is 0 Å². The molecule has 0 aliphatic rings. The molecule has 0 aromatic heterocycles. The first-order valence-corrected chi connectivity index (χ1v) is 4.94. The van der Waals surface area contributed by atoms with E-state index in [2.05, 4.69) is 17.8 Å². The minimum atomic E-state index is -0.0644. The average Bonchev–Trinajstić information content (AvgIpc) is 2.29. The molecular formula is C14H13NO. The third-order valence-corrected chi connectivity index (χ3v) is 2.14. The van der Waals surface area contributed by atoms with Crippen molar-refractivity contribution in [1.29, 1.82) is 0 Å². The topological polar surface area (TPSA) is 20.3 Å². The first-order valence-electron chi connectivity index (χ1n) is 4.94. The molecule has 0 radical (unpaired) electrons. The summed E-state index contributed by atoms with van der Waals surface area (Å²) in [6, 6.07) is 7.34. The van der Waals surface area contributed by atoms with Crippen LogP contribution in [0.25, 0.3) is 0 Å². The first kappa shape index (κ1) is 11.9. The Balaban J connectivity index is 3.14. The number of carbonyl (C=O) groups excluding carboxylic acids is 1. The van der Waals surface area contributed by atoms with Gasteiger partial charge in [0.2, 0.25) is 5.91 Å². The molecule has 16 heavy (non-hydrogen) atoms. The Bertz CT molecular complexity index is 485. The number of nitrogens with zero attached hydrogens (tertiary/aromatic N) is 1. The van der Waals surface area contributed by atoms with Crippen molar-refractivity contribution in [2.45, 2.75) is 13.8 Å². The zero-order valence-corrected chi connectivity index (χ0v) is 9.45. The van der Waals surface area contributed by atoms with Crippen LogP contribution >= 0.6 is 0 Å². The Hall–Kier alpha value is -2.19. The van der Waals surface area contributed by atoms with Crippen LogP contribution in [0, 0.1) is 24.2 Å². The molecule has 0 spiro atoms. The molecule has 2 heteroatoms. The Kier molecular flexibility index (Phi) is 4.18. The van der Waals surface area contributed by atoms with E-state index < -0.39 is 0 Å². The highest BCUT2D eigenvalue weighted by molar-refractivity contribution is 5.93. The number of terminal acetylenes is 1. The van der Waals surface area contributed by atoms with Crippen LogP contribution in [0.15, 0.2) is 24.3 Å². The highest BCUT2D eigenvalue weighted by atomic mass is 16.2. The summed E-state index contributed by atoms with van der Waals surface area (Å²) in [5, 5.41) is 0. The van der Waals surface area contributed by atoms with Gasteiger partial charge < -0.3 is 0 Å². The van der Waals surface area contributed by atoms with Crippen LogP contribution in [0.4, 0.5) is 5.69 Å². The summed E-state index contributed by atoms with van der Waals surface area (Å²) in [6.45, 7) is 3.61. The number of rotatable bonds is 2. The second kappa shape index (κ2) is 5.63. The predicted octanol–water partition coefficient (Wildman–Crippen LogP) is 2.04. The van der Waals surface area contributed by atoms with Gasteiger partial charge in [-0.1, -0.05) is 24.0 Å². The molecule has 1 aromatic carbocycles. The molecule has 0 bridgehead atoms. The van der Waals surface area contributed by atoms with Gasteiger partial charge in [0, 0.05) is 12.5 Å². The van der Waals surface area contributed by atoms with Crippen molar-refractivity contribution in [2.24, 2.45) is 0 Å². The molecule has 0 aliphatic carbocycles. The van der Waals surface area contributed by atoms with E-state index in [1.807, 2.05) is 24.3 Å². The maximum Gasteiger partial charge on any atom is 0.224 e. The third kappa shape index (κ3) is 2.65. The number of para-hydroxylation sites is 1. The molecule has 0 unspecified atom stereocenters. The van der Waals surface area contributed by atoms with Gasteiger partial charge in [-0.05, 0) is 19.1 Å². The lowest BCUT2D eigenvalue weighted by atomic mass is 10.1. The maximum atomic E-state index is 11.5. The predicted molar refractivity (Wildman–Crippen MR) is 65.9 cm³/mol. The second-order valence-electron chi connectivity index (χ2n) is 3.19. The Morgan fingerprint density at radius 1 is 1.44 bits per heavy atom. The van der Waals surface area contributed by atoms with Gasteiger partial charge in [0.05, 0.1) is 12.2 Å². The van der Waals surface area contributed by atoms with Gasteiger partial charge >= 0.3 is 0 Å². The van der Waals surface area contributed by atoms with E-state index in [0.717, 1.165) is 5.69 Å². The molecule has 1 rings (SSSR count). The number of benzene rings is 1. The van der Waals surface area contributed by atoms with Crippen molar-refractivity contribution in [3.8, 4) is 24.2 Å². The fourth-order valence-electron chi connectivity index (χ4n) is 1.36. The van der Waals surface area contributed by atoms with E-state index in [0.29, 0.717) is 12.1 Å². The van der Waals surface area contributed by atoms with Crippen LogP contribution in [0.5, 0.6) is 0 Å². The van der Waals surface area contributed by atoms with E-state index in [9.17, 15) is 4.79 Å². The van der Waals surface area contributed by atoms with Crippen LogP contribution < -0.4 is 4.90 Å². The molecule has 1 aromatic rings. The Labute approximate surface area is 96.3 Å². The number of hydrogen-bond acceptors (Lipinski definition) is 1. The van der Waals surface area contributed by atoms with Crippen molar-refractivity contribution in [2.75, 3.05) is 11.4 Å². The van der Waals surface area contributed by atoms with Gasteiger partial charge in [-0.25, -0.2) is 0 Å². The molecule has 80 valence electrons. The van der Waals surface area contributed by atoms with Crippen LogP contribution in [0.2, 0.25) is 0 Å². The zero-order valence-electron chi connectivity index (χ0n) is 9.45. The van der Waals surface area contributed by atoms with Crippen molar-refractivity contribution in [3.63, 3.8) is 0 Å². The maximum absolute atomic E-state index is 11.5. The lowest BCUT2D eigenvalue weighted by Crippen LogP contribution is -2.29. The highest BCUT2D eigenvalue weighted by Crippen LogP contribution is 2.19. The van der Waals surface area contributed by atoms with E-state index in [4.69, 9.17) is 6.42 Å². The smallest absolute Gasteiger partial charge is 0.224 e. The summed E-state index contributed by atoms with van der Waals surface area (Å²) in [7, 11) is 0. The summed E-state index contributed by atoms with van der Waals surface area (Å²) < 4.78 is 0. The molecule has 1 amide bonds. The number of anilines is 1. The number of carbonyl (C=O) groups is 1.